The van der Waals surface area contributed by atoms with Gasteiger partial charge in [-0.1, -0.05) is 32.3 Å². The molecule has 0 aliphatic carbocycles. The average molecular weight is 320 g/mol. The van der Waals surface area contributed by atoms with Crippen LogP contribution >= 0.6 is 0 Å². The minimum absolute atomic E-state index is 0.105. The lowest BCUT2D eigenvalue weighted by molar-refractivity contribution is -0.114. The van der Waals surface area contributed by atoms with Crippen LogP contribution in [0.3, 0.4) is 0 Å². The van der Waals surface area contributed by atoms with Crippen LogP contribution in [0.1, 0.15) is 39.5 Å². The molecular formula is C17H28N4O2. The topological polar surface area (TPSA) is 88.7 Å². The number of ether oxygens (including phenoxy) is 1. The minimum atomic E-state index is -0.105. The van der Waals surface area contributed by atoms with E-state index in [1.54, 1.807) is 6.07 Å². The summed E-state index contributed by atoms with van der Waals surface area (Å²) in [6, 6.07) is 7.28. The lowest BCUT2D eigenvalue weighted by Gasteiger charge is -2.09. The highest BCUT2D eigenvalue weighted by atomic mass is 16.5. The van der Waals surface area contributed by atoms with Crippen LogP contribution in [-0.2, 0) is 4.79 Å². The van der Waals surface area contributed by atoms with Gasteiger partial charge in [-0.3, -0.25) is 9.79 Å². The second-order valence-electron chi connectivity index (χ2n) is 5.31. The first-order chi connectivity index (χ1) is 11.1. The number of hydrogen-bond donors (Lipinski definition) is 3. The maximum absolute atomic E-state index is 11.0. The van der Waals surface area contributed by atoms with Crippen LogP contribution in [0.15, 0.2) is 29.3 Å². The molecule has 0 aromatic heterocycles. The maximum atomic E-state index is 11.0. The van der Waals surface area contributed by atoms with Gasteiger partial charge < -0.3 is 21.1 Å². The van der Waals surface area contributed by atoms with Gasteiger partial charge in [0.1, 0.15) is 12.4 Å². The van der Waals surface area contributed by atoms with Crippen molar-refractivity contribution in [1.82, 2.24) is 5.32 Å². The second kappa shape index (κ2) is 11.3. The van der Waals surface area contributed by atoms with Crippen LogP contribution in [-0.4, -0.2) is 31.6 Å². The van der Waals surface area contributed by atoms with Crippen molar-refractivity contribution in [3.8, 4) is 5.75 Å². The van der Waals surface area contributed by atoms with Crippen molar-refractivity contribution in [2.45, 2.75) is 39.5 Å². The SMILES string of the molecule is CCCCCCN=C(N)NCCOc1cccc(NC(C)=O)c1. The van der Waals surface area contributed by atoms with E-state index in [9.17, 15) is 4.79 Å². The van der Waals surface area contributed by atoms with E-state index in [1.165, 1.54) is 26.2 Å². The Morgan fingerprint density at radius 2 is 2.13 bits per heavy atom. The number of guanidine groups is 1. The number of nitrogens with two attached hydrogens (primary N) is 1. The molecule has 0 aliphatic rings. The molecule has 0 radical (unpaired) electrons. The summed E-state index contributed by atoms with van der Waals surface area (Å²) in [6.07, 6.45) is 4.73. The highest BCUT2D eigenvalue weighted by Gasteiger charge is 1.99. The molecule has 0 atom stereocenters. The van der Waals surface area contributed by atoms with Crippen molar-refractivity contribution in [2.24, 2.45) is 10.7 Å². The Kier molecular flexibility index (Phi) is 9.28. The molecule has 6 nitrogen and oxygen atoms in total. The average Bonchev–Trinajstić information content (AvgIpc) is 2.51. The van der Waals surface area contributed by atoms with E-state index in [2.05, 4.69) is 22.5 Å². The maximum Gasteiger partial charge on any atom is 0.221 e. The van der Waals surface area contributed by atoms with Crippen molar-refractivity contribution in [1.29, 1.82) is 0 Å². The highest BCUT2D eigenvalue weighted by Crippen LogP contribution is 2.16. The van der Waals surface area contributed by atoms with Gasteiger partial charge in [0.2, 0.25) is 5.91 Å². The number of benzene rings is 1. The largest absolute Gasteiger partial charge is 0.492 e. The van der Waals surface area contributed by atoms with Gasteiger partial charge in [0.15, 0.2) is 5.96 Å². The lowest BCUT2D eigenvalue weighted by atomic mass is 10.2. The summed E-state index contributed by atoms with van der Waals surface area (Å²) in [6.45, 7) is 5.47. The van der Waals surface area contributed by atoms with Gasteiger partial charge in [-0.05, 0) is 18.6 Å². The number of hydrogen-bond acceptors (Lipinski definition) is 3. The number of carbonyl (C=O) groups excluding carboxylic acids is 1. The Balaban J connectivity index is 2.21. The number of unbranched alkanes of at least 4 members (excludes halogenated alkanes) is 3. The van der Waals surface area contributed by atoms with E-state index in [1.807, 2.05) is 18.2 Å². The fourth-order valence-corrected chi connectivity index (χ4v) is 2.01. The molecule has 23 heavy (non-hydrogen) atoms. The van der Waals surface area contributed by atoms with Crippen molar-refractivity contribution in [2.75, 3.05) is 25.0 Å². The van der Waals surface area contributed by atoms with E-state index in [0.717, 1.165) is 18.7 Å². The van der Waals surface area contributed by atoms with E-state index < -0.39 is 0 Å². The summed E-state index contributed by atoms with van der Waals surface area (Å²) in [4.78, 5) is 15.3. The molecule has 0 bridgehead atoms. The van der Waals surface area contributed by atoms with Gasteiger partial charge in [0, 0.05) is 25.2 Å². The monoisotopic (exact) mass is 320 g/mol. The number of aliphatic imine (C=N–C) groups is 1. The summed E-state index contributed by atoms with van der Waals surface area (Å²) in [5, 5.41) is 5.74. The zero-order valence-corrected chi connectivity index (χ0v) is 14.1. The van der Waals surface area contributed by atoms with E-state index in [4.69, 9.17) is 10.5 Å². The zero-order valence-electron chi connectivity index (χ0n) is 14.1. The zero-order chi connectivity index (χ0) is 16.9. The molecule has 1 rings (SSSR count). The molecule has 0 saturated heterocycles. The summed E-state index contributed by atoms with van der Waals surface area (Å²) in [5.74, 6) is 1.05. The number of amides is 1. The van der Waals surface area contributed by atoms with Crippen molar-refractivity contribution in [3.05, 3.63) is 24.3 Å². The Hall–Kier alpha value is -2.24. The number of carbonyl (C=O) groups is 1. The molecule has 1 amide bonds. The van der Waals surface area contributed by atoms with E-state index in [-0.39, 0.29) is 5.91 Å². The molecule has 0 unspecified atom stereocenters. The lowest BCUT2D eigenvalue weighted by Crippen LogP contribution is -2.34. The predicted octanol–water partition coefficient (Wildman–Crippen LogP) is 2.51. The number of nitrogens with one attached hydrogen (secondary N) is 2. The first-order valence-electron chi connectivity index (χ1n) is 8.16. The van der Waals surface area contributed by atoms with Crippen LogP contribution in [0.5, 0.6) is 5.75 Å². The Morgan fingerprint density at radius 3 is 2.87 bits per heavy atom. The first kappa shape index (κ1) is 18.8. The Bertz CT molecular complexity index is 503. The normalized spacial score (nSPS) is 11.1. The molecule has 0 spiro atoms. The van der Waals surface area contributed by atoms with Crippen molar-refractivity contribution in [3.63, 3.8) is 0 Å². The smallest absolute Gasteiger partial charge is 0.221 e. The molecular weight excluding hydrogens is 292 g/mol. The van der Waals surface area contributed by atoms with Crippen molar-refractivity contribution < 1.29 is 9.53 Å². The molecule has 0 aliphatic heterocycles. The van der Waals surface area contributed by atoms with Crippen LogP contribution < -0.4 is 21.1 Å². The molecule has 1 aromatic rings. The van der Waals surface area contributed by atoms with Crippen molar-refractivity contribution >= 4 is 17.6 Å². The van der Waals surface area contributed by atoms with Gasteiger partial charge in [-0.25, -0.2) is 0 Å². The Labute approximate surface area is 138 Å². The molecule has 4 N–H and O–H groups in total. The molecule has 6 heteroatoms. The standard InChI is InChI=1S/C17H28N4O2/c1-3-4-5-6-10-19-17(18)20-11-12-23-16-9-7-8-15(13-16)21-14(2)22/h7-9,13H,3-6,10-12H2,1-2H3,(H,21,22)(H3,18,19,20). The van der Waals surface area contributed by atoms with Gasteiger partial charge >= 0.3 is 0 Å². The fraction of sp³-hybridized carbons (Fsp3) is 0.529. The molecule has 0 fully saturated rings. The molecule has 0 heterocycles. The third kappa shape index (κ3) is 9.39. The van der Waals surface area contributed by atoms with E-state index >= 15 is 0 Å². The quantitative estimate of drug-likeness (QED) is 0.351. The van der Waals surface area contributed by atoms with Gasteiger partial charge in [-0.15, -0.1) is 0 Å². The van der Waals surface area contributed by atoms with Crippen LogP contribution in [0.2, 0.25) is 0 Å². The fourth-order valence-electron chi connectivity index (χ4n) is 2.01. The van der Waals surface area contributed by atoms with Gasteiger partial charge in [0.05, 0.1) is 6.54 Å². The molecule has 1 aromatic carbocycles. The van der Waals surface area contributed by atoms with Gasteiger partial charge in [-0.2, -0.15) is 0 Å². The summed E-state index contributed by atoms with van der Waals surface area (Å²) >= 11 is 0. The number of rotatable bonds is 10. The van der Waals surface area contributed by atoms with E-state index in [0.29, 0.717) is 24.9 Å². The van der Waals surface area contributed by atoms with Crippen LogP contribution in [0.25, 0.3) is 0 Å². The Morgan fingerprint density at radius 1 is 1.30 bits per heavy atom. The summed E-state index contributed by atoms with van der Waals surface area (Å²) < 4.78 is 5.61. The molecule has 0 saturated carbocycles. The molecule has 128 valence electrons. The van der Waals surface area contributed by atoms with Crippen LogP contribution in [0, 0.1) is 0 Å². The highest BCUT2D eigenvalue weighted by molar-refractivity contribution is 5.88. The number of nitrogens with zero attached hydrogens (tertiary/aromatic N) is 1. The van der Waals surface area contributed by atoms with Gasteiger partial charge in [0.25, 0.3) is 0 Å². The summed E-state index contributed by atoms with van der Waals surface area (Å²) in [5.41, 5.74) is 6.50. The second-order valence-corrected chi connectivity index (χ2v) is 5.31. The minimum Gasteiger partial charge on any atom is -0.492 e. The predicted molar refractivity (Wildman–Crippen MR) is 94.9 cm³/mol. The third-order valence-electron chi connectivity index (χ3n) is 3.13. The third-order valence-corrected chi connectivity index (χ3v) is 3.13. The summed E-state index contributed by atoms with van der Waals surface area (Å²) in [7, 11) is 0. The number of anilines is 1. The first-order valence-corrected chi connectivity index (χ1v) is 8.16. The van der Waals surface area contributed by atoms with Crippen LogP contribution in [0.4, 0.5) is 5.69 Å².